The minimum Gasteiger partial charge on any atom is -0.352 e. The number of anilines is 1. The van der Waals surface area contributed by atoms with Gasteiger partial charge >= 0.3 is 0 Å². The first-order valence-corrected chi connectivity index (χ1v) is 9.98. The summed E-state index contributed by atoms with van der Waals surface area (Å²) >= 11 is 0. The summed E-state index contributed by atoms with van der Waals surface area (Å²) in [4.78, 5) is 26.2. The van der Waals surface area contributed by atoms with E-state index in [1.165, 1.54) is 19.3 Å². The highest BCUT2D eigenvalue weighted by atomic mass is 16.2. The first-order chi connectivity index (χ1) is 12.6. The lowest BCUT2D eigenvalue weighted by Gasteiger charge is -2.35. The van der Waals surface area contributed by atoms with Crippen molar-refractivity contribution in [2.24, 2.45) is 11.1 Å². The number of rotatable bonds is 6. The highest BCUT2D eigenvalue weighted by Crippen LogP contribution is 2.38. The third-order valence-corrected chi connectivity index (χ3v) is 5.94. The molecule has 3 N–H and O–H groups in total. The number of nitrogens with one attached hydrogen (secondary N) is 1. The van der Waals surface area contributed by atoms with Gasteiger partial charge in [-0.15, -0.1) is 0 Å². The van der Waals surface area contributed by atoms with Crippen LogP contribution in [0.5, 0.6) is 0 Å². The summed E-state index contributed by atoms with van der Waals surface area (Å²) in [5, 5.41) is 3.04. The highest BCUT2D eigenvalue weighted by Gasteiger charge is 2.32. The fourth-order valence-corrected chi connectivity index (χ4v) is 4.23. The lowest BCUT2D eigenvalue weighted by atomic mass is 9.71. The number of piperidine rings is 1. The molecule has 0 aromatic heterocycles. The number of nitrogens with zero attached hydrogens (tertiary/aromatic N) is 1. The van der Waals surface area contributed by atoms with Crippen molar-refractivity contribution in [3.05, 3.63) is 29.8 Å². The largest absolute Gasteiger partial charge is 0.352 e. The van der Waals surface area contributed by atoms with Gasteiger partial charge in [0.25, 0.3) is 0 Å². The normalized spacial score (nSPS) is 20.0. The van der Waals surface area contributed by atoms with E-state index in [2.05, 4.69) is 5.32 Å². The third-order valence-electron chi connectivity index (χ3n) is 5.94. The Labute approximate surface area is 156 Å². The Morgan fingerprint density at radius 3 is 2.46 bits per heavy atom. The standard InChI is InChI=1S/C21H31N3O2/c22-16-21(11-3-1-4-12-21)14-19(25)23-15-17-7-9-18(10-8-17)24-13-5-2-6-20(24)26/h7-10H,1-6,11-16,22H2,(H,23,25). The molecule has 5 nitrogen and oxygen atoms in total. The Balaban J connectivity index is 1.51. The van der Waals surface area contributed by atoms with E-state index < -0.39 is 0 Å². The first kappa shape index (κ1) is 18.9. The zero-order chi connectivity index (χ0) is 18.4. The Bertz CT molecular complexity index is 621. The highest BCUT2D eigenvalue weighted by molar-refractivity contribution is 5.93. The van der Waals surface area contributed by atoms with Crippen molar-refractivity contribution in [1.29, 1.82) is 0 Å². The van der Waals surface area contributed by atoms with E-state index in [9.17, 15) is 9.59 Å². The molecule has 0 unspecified atom stereocenters. The van der Waals surface area contributed by atoms with Gasteiger partial charge in [0.2, 0.25) is 11.8 Å². The van der Waals surface area contributed by atoms with Crippen molar-refractivity contribution >= 4 is 17.5 Å². The topological polar surface area (TPSA) is 75.4 Å². The van der Waals surface area contributed by atoms with Gasteiger partial charge in [-0.1, -0.05) is 31.4 Å². The average molecular weight is 357 g/mol. The summed E-state index contributed by atoms with van der Waals surface area (Å²) in [6.07, 6.45) is 8.98. The van der Waals surface area contributed by atoms with Gasteiger partial charge in [0.05, 0.1) is 0 Å². The van der Waals surface area contributed by atoms with Crippen LogP contribution in [0.15, 0.2) is 24.3 Å². The van der Waals surface area contributed by atoms with Crippen LogP contribution in [-0.4, -0.2) is 24.9 Å². The number of benzene rings is 1. The average Bonchev–Trinajstić information content (AvgIpc) is 2.68. The number of amides is 2. The summed E-state index contributed by atoms with van der Waals surface area (Å²) in [5.41, 5.74) is 7.99. The van der Waals surface area contributed by atoms with Gasteiger partial charge in [-0.3, -0.25) is 9.59 Å². The van der Waals surface area contributed by atoms with E-state index >= 15 is 0 Å². The van der Waals surface area contributed by atoms with Crippen molar-refractivity contribution < 1.29 is 9.59 Å². The SMILES string of the molecule is NCC1(CC(=O)NCc2ccc(N3CCCCC3=O)cc2)CCCCC1. The van der Waals surface area contributed by atoms with Crippen molar-refractivity contribution in [3.8, 4) is 0 Å². The van der Waals surface area contributed by atoms with Crippen LogP contribution in [-0.2, 0) is 16.1 Å². The quantitative estimate of drug-likeness (QED) is 0.821. The van der Waals surface area contributed by atoms with Crippen LogP contribution >= 0.6 is 0 Å². The van der Waals surface area contributed by atoms with E-state index in [1.54, 1.807) is 0 Å². The second-order valence-corrected chi connectivity index (χ2v) is 7.89. The lowest BCUT2D eigenvalue weighted by molar-refractivity contribution is -0.124. The third kappa shape index (κ3) is 4.64. The molecule has 1 saturated heterocycles. The molecule has 0 radical (unpaired) electrons. The maximum absolute atomic E-state index is 12.4. The van der Waals surface area contributed by atoms with E-state index in [-0.39, 0.29) is 17.2 Å². The Kier molecular flexibility index (Phi) is 6.30. The summed E-state index contributed by atoms with van der Waals surface area (Å²) < 4.78 is 0. The molecule has 1 aliphatic heterocycles. The smallest absolute Gasteiger partial charge is 0.226 e. The molecule has 2 fully saturated rings. The van der Waals surface area contributed by atoms with Gasteiger partial charge < -0.3 is 16.0 Å². The van der Waals surface area contributed by atoms with Gasteiger partial charge in [-0.05, 0) is 55.3 Å². The molecular formula is C21H31N3O2. The second kappa shape index (κ2) is 8.67. The lowest BCUT2D eigenvalue weighted by Crippen LogP contribution is -2.38. The fraction of sp³-hybridized carbons (Fsp3) is 0.619. The van der Waals surface area contributed by atoms with Crippen LogP contribution in [0.4, 0.5) is 5.69 Å². The zero-order valence-electron chi connectivity index (χ0n) is 15.6. The molecule has 0 atom stereocenters. The van der Waals surface area contributed by atoms with E-state index in [1.807, 2.05) is 29.2 Å². The molecule has 0 spiro atoms. The number of hydrogen-bond acceptors (Lipinski definition) is 3. The predicted octanol–water partition coefficient (Wildman–Crippen LogP) is 3.12. The maximum Gasteiger partial charge on any atom is 0.226 e. The Morgan fingerprint density at radius 2 is 1.81 bits per heavy atom. The Morgan fingerprint density at radius 1 is 1.08 bits per heavy atom. The first-order valence-electron chi connectivity index (χ1n) is 9.98. The maximum atomic E-state index is 12.4. The van der Waals surface area contributed by atoms with E-state index in [0.29, 0.717) is 25.9 Å². The summed E-state index contributed by atoms with van der Waals surface area (Å²) in [6.45, 7) is 1.92. The van der Waals surface area contributed by atoms with E-state index in [0.717, 1.165) is 43.5 Å². The Hall–Kier alpha value is -1.88. The zero-order valence-corrected chi connectivity index (χ0v) is 15.6. The van der Waals surface area contributed by atoms with Gasteiger partial charge in [0.1, 0.15) is 0 Å². The molecule has 1 aromatic carbocycles. The number of hydrogen-bond donors (Lipinski definition) is 2. The monoisotopic (exact) mass is 357 g/mol. The van der Waals surface area contributed by atoms with Crippen molar-refractivity contribution in [3.63, 3.8) is 0 Å². The van der Waals surface area contributed by atoms with Gasteiger partial charge in [0, 0.05) is 31.6 Å². The predicted molar refractivity (Wildman–Crippen MR) is 104 cm³/mol. The summed E-state index contributed by atoms with van der Waals surface area (Å²) in [7, 11) is 0. The molecule has 1 heterocycles. The molecule has 142 valence electrons. The van der Waals surface area contributed by atoms with Gasteiger partial charge in [0.15, 0.2) is 0 Å². The number of carbonyl (C=O) groups excluding carboxylic acids is 2. The molecule has 5 heteroatoms. The van der Waals surface area contributed by atoms with Gasteiger partial charge in [-0.2, -0.15) is 0 Å². The van der Waals surface area contributed by atoms with Crippen LogP contribution in [0.2, 0.25) is 0 Å². The van der Waals surface area contributed by atoms with Gasteiger partial charge in [-0.25, -0.2) is 0 Å². The second-order valence-electron chi connectivity index (χ2n) is 7.89. The summed E-state index contributed by atoms with van der Waals surface area (Å²) in [6, 6.07) is 7.95. The van der Waals surface area contributed by atoms with Crippen LogP contribution in [0.1, 0.15) is 63.4 Å². The minimum atomic E-state index is 0.000808. The molecule has 1 aliphatic carbocycles. The molecule has 2 aliphatic rings. The fourth-order valence-electron chi connectivity index (χ4n) is 4.23. The number of nitrogens with two attached hydrogens (primary N) is 1. The van der Waals surface area contributed by atoms with Crippen molar-refractivity contribution in [2.45, 2.75) is 64.3 Å². The molecule has 2 amide bonds. The van der Waals surface area contributed by atoms with Crippen LogP contribution in [0.3, 0.4) is 0 Å². The van der Waals surface area contributed by atoms with E-state index in [4.69, 9.17) is 5.73 Å². The molecule has 1 saturated carbocycles. The summed E-state index contributed by atoms with van der Waals surface area (Å²) in [5.74, 6) is 0.296. The molecule has 1 aromatic rings. The number of carbonyl (C=O) groups is 2. The molecule has 26 heavy (non-hydrogen) atoms. The molecular weight excluding hydrogens is 326 g/mol. The van der Waals surface area contributed by atoms with Crippen LogP contribution < -0.4 is 16.0 Å². The van der Waals surface area contributed by atoms with Crippen molar-refractivity contribution in [2.75, 3.05) is 18.0 Å². The van der Waals surface area contributed by atoms with Crippen molar-refractivity contribution in [1.82, 2.24) is 5.32 Å². The van der Waals surface area contributed by atoms with Crippen LogP contribution in [0.25, 0.3) is 0 Å². The van der Waals surface area contributed by atoms with Crippen LogP contribution in [0, 0.1) is 5.41 Å². The molecule has 3 rings (SSSR count). The minimum absolute atomic E-state index is 0.000808. The molecule has 0 bridgehead atoms.